The first-order chi connectivity index (χ1) is 12.0. The van der Waals surface area contributed by atoms with Gasteiger partial charge in [0.15, 0.2) is 9.84 Å². The fraction of sp³-hybridized carbons (Fsp3) is 0.235. The van der Waals surface area contributed by atoms with E-state index < -0.39 is 21.5 Å². The monoisotopic (exact) mass is 373 g/mol. The van der Waals surface area contributed by atoms with Crippen molar-refractivity contribution >= 4 is 44.2 Å². The van der Waals surface area contributed by atoms with E-state index in [2.05, 4.69) is 8.75 Å². The maximum Gasteiger partial charge on any atom is 0.242 e. The third-order valence-corrected chi connectivity index (χ3v) is 6.54. The second kappa shape index (κ2) is 5.89. The molecule has 0 spiro atoms. The lowest BCUT2D eigenvalue weighted by Crippen LogP contribution is -2.39. The normalized spacial score (nSPS) is 17.0. The Morgan fingerprint density at radius 1 is 1.20 bits per heavy atom. The van der Waals surface area contributed by atoms with Gasteiger partial charge in [-0.05, 0) is 37.1 Å². The van der Waals surface area contributed by atoms with E-state index in [9.17, 15) is 13.2 Å². The Balaban J connectivity index is 1.68. The highest BCUT2D eigenvalue weighted by molar-refractivity contribution is 7.92. The van der Waals surface area contributed by atoms with Crippen LogP contribution in [0.5, 0.6) is 0 Å². The van der Waals surface area contributed by atoms with Gasteiger partial charge in [0, 0.05) is 11.7 Å². The summed E-state index contributed by atoms with van der Waals surface area (Å²) in [6.07, 6.45) is 0.730. The quantitative estimate of drug-likeness (QED) is 0.704. The van der Waals surface area contributed by atoms with E-state index in [0.717, 1.165) is 29.4 Å². The molecule has 1 aliphatic rings. The number of nitrogens with zero attached hydrogens (tertiary/aromatic N) is 3. The largest absolute Gasteiger partial charge is 0.308 e. The molecule has 0 fully saturated rings. The maximum absolute atomic E-state index is 12.8. The topological polar surface area (TPSA) is 80.2 Å². The van der Waals surface area contributed by atoms with Crippen molar-refractivity contribution in [1.82, 2.24) is 8.75 Å². The summed E-state index contributed by atoms with van der Waals surface area (Å²) < 4.78 is 33.8. The first-order valence-corrected chi connectivity index (χ1v) is 10.2. The van der Waals surface area contributed by atoms with Crippen LogP contribution in [0.1, 0.15) is 12.5 Å². The van der Waals surface area contributed by atoms with Crippen molar-refractivity contribution < 1.29 is 13.2 Å². The predicted molar refractivity (Wildman–Crippen MR) is 96.6 cm³/mol. The number of amides is 1. The van der Waals surface area contributed by atoms with Crippen LogP contribution in [0.2, 0.25) is 0 Å². The number of hydrogen-bond acceptors (Lipinski definition) is 6. The van der Waals surface area contributed by atoms with E-state index in [-0.39, 0.29) is 10.9 Å². The highest BCUT2D eigenvalue weighted by atomic mass is 32.2. The molecule has 1 amide bonds. The van der Waals surface area contributed by atoms with Crippen LogP contribution in [0.4, 0.5) is 5.69 Å². The van der Waals surface area contributed by atoms with E-state index in [1.165, 1.54) is 6.07 Å². The number of sulfone groups is 1. The highest BCUT2D eigenvalue weighted by Gasteiger charge is 2.34. The number of anilines is 1. The molecular weight excluding hydrogens is 358 g/mol. The van der Waals surface area contributed by atoms with Gasteiger partial charge in [0.1, 0.15) is 16.8 Å². The predicted octanol–water partition coefficient (Wildman–Crippen LogP) is 2.44. The minimum absolute atomic E-state index is 0.0585. The molecule has 0 N–H and O–H groups in total. The Morgan fingerprint density at radius 3 is 2.84 bits per heavy atom. The van der Waals surface area contributed by atoms with Gasteiger partial charge in [0.05, 0.1) is 16.6 Å². The Morgan fingerprint density at radius 2 is 2.00 bits per heavy atom. The molecule has 0 radical (unpaired) electrons. The third-order valence-electron chi connectivity index (χ3n) is 4.37. The van der Waals surface area contributed by atoms with E-state index in [1.54, 1.807) is 17.0 Å². The van der Waals surface area contributed by atoms with Crippen LogP contribution in [0, 0.1) is 0 Å². The van der Waals surface area contributed by atoms with Gasteiger partial charge < -0.3 is 4.90 Å². The molecule has 0 saturated carbocycles. The number of para-hydroxylation sites is 1. The van der Waals surface area contributed by atoms with Crippen molar-refractivity contribution in [2.75, 3.05) is 10.7 Å². The molecule has 1 atom stereocenters. The summed E-state index contributed by atoms with van der Waals surface area (Å²) in [5.74, 6) is -1.000. The number of rotatable bonds is 3. The van der Waals surface area contributed by atoms with Crippen LogP contribution in [-0.2, 0) is 21.1 Å². The summed E-state index contributed by atoms with van der Waals surface area (Å²) in [6.45, 7) is 1.93. The average Bonchev–Trinajstić information content (AvgIpc) is 3.16. The van der Waals surface area contributed by atoms with Crippen LogP contribution in [-0.4, -0.2) is 34.9 Å². The third kappa shape index (κ3) is 2.71. The van der Waals surface area contributed by atoms with Gasteiger partial charge in [-0.15, -0.1) is 0 Å². The second-order valence-electron chi connectivity index (χ2n) is 6.09. The number of aromatic nitrogens is 2. The fourth-order valence-corrected chi connectivity index (χ4v) is 5.25. The minimum atomic E-state index is -3.81. The number of fused-ring (bicyclic) bond motifs is 2. The van der Waals surface area contributed by atoms with Gasteiger partial charge in [-0.25, -0.2) is 8.42 Å². The van der Waals surface area contributed by atoms with Crippen molar-refractivity contribution in [3.05, 3.63) is 48.0 Å². The summed E-state index contributed by atoms with van der Waals surface area (Å²) >= 11 is 0.959. The maximum atomic E-state index is 12.8. The lowest BCUT2D eigenvalue weighted by molar-refractivity contribution is -0.116. The summed E-state index contributed by atoms with van der Waals surface area (Å²) in [5, 5.41) is 0. The second-order valence-corrected chi connectivity index (χ2v) is 8.58. The summed E-state index contributed by atoms with van der Waals surface area (Å²) in [4.78, 5) is 14.4. The molecular formula is C17H15N3O3S2. The van der Waals surface area contributed by atoms with Crippen LogP contribution in [0.25, 0.3) is 11.0 Å². The minimum Gasteiger partial charge on any atom is -0.308 e. The molecule has 0 aliphatic carbocycles. The number of hydrogen-bond donors (Lipinski definition) is 0. The molecule has 3 aromatic rings. The molecule has 4 rings (SSSR count). The van der Waals surface area contributed by atoms with Gasteiger partial charge in [-0.3, -0.25) is 4.79 Å². The zero-order valence-electron chi connectivity index (χ0n) is 13.4. The Kier molecular flexibility index (Phi) is 3.81. The highest BCUT2D eigenvalue weighted by Crippen LogP contribution is 2.32. The molecule has 2 heterocycles. The van der Waals surface area contributed by atoms with Crippen LogP contribution in [0.15, 0.2) is 47.4 Å². The Hall–Kier alpha value is -2.32. The van der Waals surface area contributed by atoms with Crippen molar-refractivity contribution in [3.63, 3.8) is 0 Å². The van der Waals surface area contributed by atoms with E-state index in [4.69, 9.17) is 0 Å². The van der Waals surface area contributed by atoms with Crippen LogP contribution in [0.3, 0.4) is 0 Å². The zero-order valence-corrected chi connectivity index (χ0v) is 15.0. The molecule has 6 nitrogen and oxygen atoms in total. The van der Waals surface area contributed by atoms with Crippen molar-refractivity contribution in [1.29, 1.82) is 0 Å². The molecule has 128 valence electrons. The van der Waals surface area contributed by atoms with Gasteiger partial charge in [-0.1, -0.05) is 24.3 Å². The molecule has 2 aromatic carbocycles. The molecule has 0 saturated heterocycles. The van der Waals surface area contributed by atoms with Gasteiger partial charge in [0.25, 0.3) is 0 Å². The molecule has 25 heavy (non-hydrogen) atoms. The lowest BCUT2D eigenvalue weighted by atomic mass is 10.1. The first-order valence-electron chi connectivity index (χ1n) is 7.81. The Bertz CT molecular complexity index is 1080. The summed E-state index contributed by atoms with van der Waals surface area (Å²) in [6, 6.07) is 12.3. The summed E-state index contributed by atoms with van der Waals surface area (Å²) in [5.41, 5.74) is 2.71. The molecule has 8 heteroatoms. The van der Waals surface area contributed by atoms with E-state index in [0.29, 0.717) is 11.0 Å². The van der Waals surface area contributed by atoms with Crippen LogP contribution < -0.4 is 4.90 Å². The van der Waals surface area contributed by atoms with Crippen molar-refractivity contribution in [2.45, 2.75) is 24.3 Å². The summed E-state index contributed by atoms with van der Waals surface area (Å²) in [7, 11) is -3.81. The lowest BCUT2D eigenvalue weighted by Gasteiger charge is -2.22. The molecule has 1 unspecified atom stereocenters. The SMILES string of the molecule is CC1Cc2ccccc2N1C(=O)CS(=O)(=O)c1cccc2nsnc12. The average molecular weight is 373 g/mol. The standard InChI is InChI=1S/C17H15N3O3S2/c1-11-9-12-5-2-3-7-14(12)20(11)16(21)10-25(22,23)15-8-4-6-13-17(15)19-24-18-13/h2-8,11H,9-10H2,1H3. The fourth-order valence-electron chi connectivity index (χ4n) is 3.29. The number of carbonyl (C=O) groups excluding carboxylic acids is 1. The van der Waals surface area contributed by atoms with Gasteiger partial charge in [0.2, 0.25) is 5.91 Å². The van der Waals surface area contributed by atoms with Crippen molar-refractivity contribution in [3.8, 4) is 0 Å². The van der Waals surface area contributed by atoms with Crippen LogP contribution >= 0.6 is 11.7 Å². The van der Waals surface area contributed by atoms with Crippen molar-refractivity contribution in [2.24, 2.45) is 0 Å². The molecule has 1 aromatic heterocycles. The number of carbonyl (C=O) groups is 1. The first kappa shape index (κ1) is 16.2. The van der Waals surface area contributed by atoms with E-state index in [1.807, 2.05) is 31.2 Å². The number of benzene rings is 2. The van der Waals surface area contributed by atoms with E-state index >= 15 is 0 Å². The van der Waals surface area contributed by atoms with Gasteiger partial charge in [-0.2, -0.15) is 8.75 Å². The van der Waals surface area contributed by atoms with Gasteiger partial charge >= 0.3 is 0 Å². The zero-order chi connectivity index (χ0) is 17.6. The Labute approximate surface area is 149 Å². The molecule has 1 aliphatic heterocycles. The molecule has 0 bridgehead atoms. The smallest absolute Gasteiger partial charge is 0.242 e.